The van der Waals surface area contributed by atoms with E-state index in [1.165, 1.54) is 6.20 Å². The lowest BCUT2D eigenvalue weighted by Crippen LogP contribution is -2.55. The Kier molecular flexibility index (Phi) is 5.25. The van der Waals surface area contributed by atoms with Crippen LogP contribution in [0, 0.1) is 5.41 Å². The third-order valence-corrected chi connectivity index (χ3v) is 5.53. The number of likely N-dealkylation sites (tertiary alicyclic amines) is 2. The number of hydrogen-bond donors (Lipinski definition) is 1. The van der Waals surface area contributed by atoms with Gasteiger partial charge in [-0.05, 0) is 37.8 Å². The fraction of sp³-hybridized carbons (Fsp3) is 0.632. The van der Waals surface area contributed by atoms with Crippen molar-refractivity contribution >= 4 is 11.8 Å². The van der Waals surface area contributed by atoms with Gasteiger partial charge in [-0.3, -0.25) is 14.4 Å². The van der Waals surface area contributed by atoms with Crippen LogP contribution in [0.4, 0.5) is 0 Å². The molecule has 136 valence electrons. The zero-order valence-electron chi connectivity index (χ0n) is 14.9. The second-order valence-corrected chi connectivity index (χ2v) is 7.41. The van der Waals surface area contributed by atoms with Crippen molar-refractivity contribution in [2.24, 2.45) is 5.41 Å². The number of aromatic amines is 1. The smallest absolute Gasteiger partial charge is 0.260 e. The molecule has 1 aromatic heterocycles. The van der Waals surface area contributed by atoms with E-state index in [0.717, 1.165) is 45.2 Å². The normalized spacial score (nSPS) is 24.0. The largest absolute Gasteiger partial charge is 0.342 e. The number of aromatic nitrogens is 1. The molecule has 2 saturated heterocycles. The number of H-pyrrole nitrogens is 1. The van der Waals surface area contributed by atoms with Gasteiger partial charge in [-0.1, -0.05) is 13.3 Å². The maximum atomic E-state index is 12.8. The summed E-state index contributed by atoms with van der Waals surface area (Å²) in [5.41, 5.74) is -0.151. The Morgan fingerprint density at radius 1 is 1.28 bits per heavy atom. The van der Waals surface area contributed by atoms with Crippen LogP contribution < -0.4 is 5.56 Å². The van der Waals surface area contributed by atoms with E-state index in [0.29, 0.717) is 19.5 Å². The summed E-state index contributed by atoms with van der Waals surface area (Å²) in [6, 6.07) is 3.26. The molecule has 6 nitrogen and oxygen atoms in total. The van der Waals surface area contributed by atoms with Gasteiger partial charge in [0.25, 0.3) is 11.5 Å². The molecule has 2 amide bonds. The summed E-state index contributed by atoms with van der Waals surface area (Å²) in [6.07, 6.45) is 6.99. The van der Waals surface area contributed by atoms with Crippen LogP contribution in [0.3, 0.4) is 0 Å². The third kappa shape index (κ3) is 3.78. The fourth-order valence-corrected chi connectivity index (χ4v) is 4.13. The molecular weight excluding hydrogens is 318 g/mol. The quantitative estimate of drug-likeness (QED) is 0.907. The molecule has 3 heterocycles. The fourth-order valence-electron chi connectivity index (χ4n) is 4.13. The Morgan fingerprint density at radius 2 is 2.12 bits per heavy atom. The summed E-state index contributed by atoms with van der Waals surface area (Å²) in [6.45, 7) is 4.99. The number of nitrogens with one attached hydrogen (secondary N) is 1. The number of amides is 2. The summed E-state index contributed by atoms with van der Waals surface area (Å²) >= 11 is 0. The van der Waals surface area contributed by atoms with Crippen LogP contribution in [-0.2, 0) is 4.79 Å². The van der Waals surface area contributed by atoms with Gasteiger partial charge in [0.2, 0.25) is 5.91 Å². The molecule has 1 N–H and O–H groups in total. The van der Waals surface area contributed by atoms with Gasteiger partial charge in [-0.25, -0.2) is 0 Å². The van der Waals surface area contributed by atoms with Crippen LogP contribution in [-0.4, -0.2) is 52.8 Å². The van der Waals surface area contributed by atoms with E-state index in [4.69, 9.17) is 0 Å². The molecule has 2 fully saturated rings. The van der Waals surface area contributed by atoms with Crippen molar-refractivity contribution in [1.29, 1.82) is 0 Å². The first-order chi connectivity index (χ1) is 12.0. The van der Waals surface area contributed by atoms with Gasteiger partial charge in [-0.2, -0.15) is 0 Å². The van der Waals surface area contributed by atoms with E-state index in [1.54, 1.807) is 12.1 Å². The Morgan fingerprint density at radius 3 is 2.88 bits per heavy atom. The average Bonchev–Trinajstić information content (AvgIpc) is 2.63. The van der Waals surface area contributed by atoms with E-state index in [9.17, 15) is 14.4 Å². The maximum Gasteiger partial charge on any atom is 0.260 e. The van der Waals surface area contributed by atoms with Crippen LogP contribution >= 0.6 is 0 Å². The number of piperidine rings is 2. The molecule has 1 atom stereocenters. The molecule has 1 aromatic rings. The molecular formula is C19H27N3O3. The molecule has 0 aromatic carbocycles. The summed E-state index contributed by atoms with van der Waals surface area (Å²) in [5.74, 6) is 0.0416. The van der Waals surface area contributed by atoms with Gasteiger partial charge >= 0.3 is 0 Å². The second kappa shape index (κ2) is 7.42. The SMILES string of the molecule is CCCCN1C[C@@]2(CCCN(C(=O)c3ccc[nH]c3=O)C2)CCC1=O. The van der Waals surface area contributed by atoms with Crippen molar-refractivity contribution in [1.82, 2.24) is 14.8 Å². The highest BCUT2D eigenvalue weighted by molar-refractivity contribution is 5.93. The molecule has 25 heavy (non-hydrogen) atoms. The molecule has 2 aliphatic heterocycles. The second-order valence-electron chi connectivity index (χ2n) is 7.41. The van der Waals surface area contributed by atoms with Crippen LogP contribution in [0.2, 0.25) is 0 Å². The van der Waals surface area contributed by atoms with Gasteiger partial charge in [0.05, 0.1) is 0 Å². The third-order valence-electron chi connectivity index (χ3n) is 5.53. The lowest BCUT2D eigenvalue weighted by Gasteiger charge is -2.48. The zero-order valence-corrected chi connectivity index (χ0v) is 14.9. The number of hydrogen-bond acceptors (Lipinski definition) is 3. The number of carbonyl (C=O) groups excluding carboxylic acids is 2. The monoisotopic (exact) mass is 345 g/mol. The minimum absolute atomic E-state index is 0.0168. The highest BCUT2D eigenvalue weighted by atomic mass is 16.2. The summed E-state index contributed by atoms with van der Waals surface area (Å²) in [7, 11) is 0. The number of rotatable bonds is 4. The molecule has 0 bridgehead atoms. The molecule has 0 saturated carbocycles. The molecule has 0 unspecified atom stereocenters. The number of pyridine rings is 1. The van der Waals surface area contributed by atoms with Gasteiger partial charge < -0.3 is 14.8 Å². The van der Waals surface area contributed by atoms with Crippen molar-refractivity contribution in [3.8, 4) is 0 Å². The van der Waals surface area contributed by atoms with E-state index in [1.807, 2.05) is 9.80 Å². The number of unbranched alkanes of at least 4 members (excludes halogenated alkanes) is 1. The minimum atomic E-state index is -0.337. The summed E-state index contributed by atoms with van der Waals surface area (Å²) in [5, 5.41) is 0. The van der Waals surface area contributed by atoms with Gasteiger partial charge in [0.1, 0.15) is 5.56 Å². The number of carbonyl (C=O) groups is 2. The summed E-state index contributed by atoms with van der Waals surface area (Å²) in [4.78, 5) is 43.3. The lowest BCUT2D eigenvalue weighted by atomic mass is 9.73. The van der Waals surface area contributed by atoms with Gasteiger partial charge in [0, 0.05) is 44.2 Å². The minimum Gasteiger partial charge on any atom is -0.342 e. The van der Waals surface area contributed by atoms with Gasteiger partial charge in [-0.15, -0.1) is 0 Å². The molecule has 0 radical (unpaired) electrons. The first kappa shape index (κ1) is 17.7. The van der Waals surface area contributed by atoms with Crippen LogP contribution in [0.5, 0.6) is 0 Å². The van der Waals surface area contributed by atoms with Crippen molar-refractivity contribution in [2.75, 3.05) is 26.2 Å². The first-order valence-corrected chi connectivity index (χ1v) is 9.29. The lowest BCUT2D eigenvalue weighted by molar-refractivity contribution is -0.139. The van der Waals surface area contributed by atoms with Crippen molar-refractivity contribution in [2.45, 2.75) is 45.4 Å². The zero-order chi connectivity index (χ0) is 17.9. The highest BCUT2D eigenvalue weighted by Gasteiger charge is 2.42. The summed E-state index contributed by atoms with van der Waals surface area (Å²) < 4.78 is 0. The highest BCUT2D eigenvalue weighted by Crippen LogP contribution is 2.39. The van der Waals surface area contributed by atoms with Gasteiger partial charge in [0.15, 0.2) is 0 Å². The van der Waals surface area contributed by atoms with Crippen molar-refractivity contribution < 1.29 is 9.59 Å². The maximum absolute atomic E-state index is 12.8. The topological polar surface area (TPSA) is 73.5 Å². The number of nitrogens with zero attached hydrogens (tertiary/aromatic N) is 2. The van der Waals surface area contributed by atoms with E-state index in [2.05, 4.69) is 11.9 Å². The van der Waals surface area contributed by atoms with Crippen LogP contribution in [0.25, 0.3) is 0 Å². The Bertz CT molecular complexity index is 699. The Balaban J connectivity index is 1.74. The predicted molar refractivity (Wildman–Crippen MR) is 95.4 cm³/mol. The molecule has 3 rings (SSSR count). The van der Waals surface area contributed by atoms with Crippen LogP contribution in [0.15, 0.2) is 23.1 Å². The Labute approximate surface area is 148 Å². The van der Waals surface area contributed by atoms with E-state index in [-0.39, 0.29) is 28.4 Å². The average molecular weight is 345 g/mol. The predicted octanol–water partition coefficient (Wildman–Crippen LogP) is 2.02. The first-order valence-electron chi connectivity index (χ1n) is 9.29. The standard InChI is InChI=1S/C19H27N3O3/c1-2-3-11-21-13-19(9-7-16(21)23)8-5-12-22(14-19)18(25)15-6-4-10-20-17(15)24/h4,6,10H,2-3,5,7-9,11-14H2,1H3,(H,20,24)/t19-/m1/s1. The molecule has 2 aliphatic rings. The van der Waals surface area contributed by atoms with E-state index < -0.39 is 0 Å². The van der Waals surface area contributed by atoms with E-state index >= 15 is 0 Å². The Hall–Kier alpha value is -2.11. The van der Waals surface area contributed by atoms with Crippen LogP contribution in [0.1, 0.15) is 55.8 Å². The molecule has 6 heteroatoms. The van der Waals surface area contributed by atoms with Crippen molar-refractivity contribution in [3.63, 3.8) is 0 Å². The van der Waals surface area contributed by atoms with Crippen molar-refractivity contribution in [3.05, 3.63) is 34.2 Å². The molecule has 1 spiro atoms. The molecule has 0 aliphatic carbocycles.